The predicted octanol–water partition coefficient (Wildman–Crippen LogP) is 0.861. The first-order valence-electron chi connectivity index (χ1n) is 11.6. The van der Waals surface area contributed by atoms with Crippen molar-refractivity contribution >= 4 is 17.6 Å². The standard InChI is InChI=1S/C22H42N4O4/c1-4-6-7-8-9-10-11-16-13-24-14-17(16)21(29)26-20(15(3)27)22(30)25-18(12-23)19(28)5-2/h15-18,20,24,27H,4-14,23H2,1-3H3,(H,25,30)(H,26,29)/t15-,16+,17?,18-,20-/m0/s1. The molecule has 5 atom stereocenters. The zero-order valence-electron chi connectivity index (χ0n) is 18.9. The van der Waals surface area contributed by atoms with E-state index in [1.54, 1.807) is 6.92 Å². The largest absolute Gasteiger partial charge is 0.391 e. The first kappa shape index (κ1) is 26.5. The Hall–Kier alpha value is -1.51. The van der Waals surface area contributed by atoms with E-state index >= 15 is 0 Å². The summed E-state index contributed by atoms with van der Waals surface area (Å²) in [4.78, 5) is 37.3. The van der Waals surface area contributed by atoms with E-state index in [4.69, 9.17) is 5.73 Å². The van der Waals surface area contributed by atoms with Crippen LogP contribution in [0.25, 0.3) is 0 Å². The van der Waals surface area contributed by atoms with Crippen molar-refractivity contribution in [3.63, 3.8) is 0 Å². The smallest absolute Gasteiger partial charge is 0.245 e. The van der Waals surface area contributed by atoms with E-state index in [1.807, 2.05) is 0 Å². The highest BCUT2D eigenvalue weighted by Crippen LogP contribution is 2.24. The van der Waals surface area contributed by atoms with Gasteiger partial charge >= 0.3 is 0 Å². The maximum atomic E-state index is 12.9. The molecule has 8 heteroatoms. The monoisotopic (exact) mass is 426 g/mol. The molecule has 1 rings (SSSR count). The summed E-state index contributed by atoms with van der Waals surface area (Å²) in [6.45, 7) is 6.68. The summed E-state index contributed by atoms with van der Waals surface area (Å²) < 4.78 is 0. The third-order valence-electron chi connectivity index (χ3n) is 5.96. The second-order valence-electron chi connectivity index (χ2n) is 8.42. The molecule has 174 valence electrons. The zero-order valence-corrected chi connectivity index (χ0v) is 18.9. The lowest BCUT2D eigenvalue weighted by Gasteiger charge is -2.26. The molecule has 0 aromatic rings. The number of rotatable bonds is 15. The Morgan fingerprint density at radius 3 is 2.33 bits per heavy atom. The first-order valence-corrected chi connectivity index (χ1v) is 11.6. The van der Waals surface area contributed by atoms with Crippen LogP contribution in [0.1, 0.15) is 72.1 Å². The first-order chi connectivity index (χ1) is 14.3. The molecule has 8 nitrogen and oxygen atoms in total. The maximum Gasteiger partial charge on any atom is 0.245 e. The van der Waals surface area contributed by atoms with Crippen LogP contribution >= 0.6 is 0 Å². The summed E-state index contributed by atoms with van der Waals surface area (Å²) in [5, 5.41) is 18.6. The Balaban J connectivity index is 2.60. The van der Waals surface area contributed by atoms with Crippen LogP contribution in [0.5, 0.6) is 0 Å². The molecule has 0 spiro atoms. The molecular weight excluding hydrogens is 384 g/mol. The SMILES string of the molecule is CCCCCCCC[C@@H]1CNCC1C(=O)N[C@H](C(=O)N[C@@H](CN)C(=O)CC)[C@H](C)O. The zero-order chi connectivity index (χ0) is 22.5. The molecule has 0 saturated carbocycles. The van der Waals surface area contributed by atoms with Gasteiger partial charge in [0.05, 0.1) is 18.1 Å². The molecular formula is C22H42N4O4. The Kier molecular flexibility index (Phi) is 12.8. The fourth-order valence-corrected chi connectivity index (χ4v) is 3.97. The molecule has 30 heavy (non-hydrogen) atoms. The predicted molar refractivity (Wildman–Crippen MR) is 118 cm³/mol. The number of hydrogen-bond donors (Lipinski definition) is 5. The second-order valence-corrected chi connectivity index (χ2v) is 8.42. The second kappa shape index (κ2) is 14.5. The van der Waals surface area contributed by atoms with Crippen molar-refractivity contribution in [2.75, 3.05) is 19.6 Å². The highest BCUT2D eigenvalue weighted by atomic mass is 16.3. The summed E-state index contributed by atoms with van der Waals surface area (Å²) in [5.41, 5.74) is 5.58. The Morgan fingerprint density at radius 1 is 1.07 bits per heavy atom. The number of carbonyl (C=O) groups is 3. The Morgan fingerprint density at radius 2 is 1.73 bits per heavy atom. The molecule has 0 bridgehead atoms. The van der Waals surface area contributed by atoms with Gasteiger partial charge in [-0.05, 0) is 25.8 Å². The lowest BCUT2D eigenvalue weighted by Crippen LogP contribution is -2.58. The van der Waals surface area contributed by atoms with E-state index in [0.717, 1.165) is 19.4 Å². The van der Waals surface area contributed by atoms with Crippen molar-refractivity contribution in [2.45, 2.75) is 90.3 Å². The van der Waals surface area contributed by atoms with Gasteiger partial charge in [-0.15, -0.1) is 0 Å². The highest BCUT2D eigenvalue weighted by molar-refractivity contribution is 5.93. The molecule has 6 N–H and O–H groups in total. The van der Waals surface area contributed by atoms with Crippen LogP contribution in [-0.2, 0) is 14.4 Å². The fraction of sp³-hybridized carbons (Fsp3) is 0.864. The normalized spacial score (nSPS) is 21.6. The van der Waals surface area contributed by atoms with Crippen molar-refractivity contribution < 1.29 is 19.5 Å². The summed E-state index contributed by atoms with van der Waals surface area (Å²) in [5.74, 6) is -0.998. The van der Waals surface area contributed by atoms with Crippen molar-refractivity contribution in [3.05, 3.63) is 0 Å². The van der Waals surface area contributed by atoms with Gasteiger partial charge in [0.2, 0.25) is 11.8 Å². The van der Waals surface area contributed by atoms with Gasteiger partial charge in [0, 0.05) is 19.5 Å². The van der Waals surface area contributed by atoms with E-state index < -0.39 is 24.1 Å². The van der Waals surface area contributed by atoms with Crippen LogP contribution in [0.4, 0.5) is 0 Å². The number of aliphatic hydroxyl groups is 1. The van der Waals surface area contributed by atoms with Crippen LogP contribution in [0, 0.1) is 11.8 Å². The van der Waals surface area contributed by atoms with Crippen LogP contribution in [-0.4, -0.2) is 60.5 Å². The van der Waals surface area contributed by atoms with Crippen molar-refractivity contribution in [2.24, 2.45) is 17.6 Å². The molecule has 2 amide bonds. The molecule has 0 aromatic carbocycles. The van der Waals surface area contributed by atoms with Crippen LogP contribution in [0.2, 0.25) is 0 Å². The number of nitrogens with one attached hydrogen (secondary N) is 3. The fourth-order valence-electron chi connectivity index (χ4n) is 3.97. The third-order valence-corrected chi connectivity index (χ3v) is 5.96. The van der Waals surface area contributed by atoms with E-state index in [1.165, 1.54) is 39.0 Å². The summed E-state index contributed by atoms with van der Waals surface area (Å²) in [7, 11) is 0. The van der Waals surface area contributed by atoms with Gasteiger partial charge in [-0.3, -0.25) is 14.4 Å². The number of amides is 2. The van der Waals surface area contributed by atoms with Gasteiger partial charge in [-0.25, -0.2) is 0 Å². The average Bonchev–Trinajstić information content (AvgIpc) is 3.20. The minimum atomic E-state index is -1.12. The lowest BCUT2D eigenvalue weighted by atomic mass is 9.89. The highest BCUT2D eigenvalue weighted by Gasteiger charge is 2.36. The number of unbranched alkanes of at least 4 members (excludes halogenated alkanes) is 5. The van der Waals surface area contributed by atoms with Crippen LogP contribution in [0.3, 0.4) is 0 Å². The van der Waals surface area contributed by atoms with Gasteiger partial charge in [0.1, 0.15) is 6.04 Å². The number of aliphatic hydroxyl groups excluding tert-OH is 1. The Labute approximate surface area is 181 Å². The number of nitrogens with two attached hydrogens (primary N) is 1. The molecule has 1 aliphatic heterocycles. The van der Waals surface area contributed by atoms with Crippen molar-refractivity contribution in [3.8, 4) is 0 Å². The van der Waals surface area contributed by atoms with Gasteiger partial charge in [0.25, 0.3) is 0 Å². The summed E-state index contributed by atoms with van der Waals surface area (Å²) in [6.07, 6.45) is 7.40. The lowest BCUT2D eigenvalue weighted by molar-refractivity contribution is -0.135. The van der Waals surface area contributed by atoms with Gasteiger partial charge in [0.15, 0.2) is 5.78 Å². The topological polar surface area (TPSA) is 134 Å². The molecule has 0 aromatic heterocycles. The van der Waals surface area contributed by atoms with E-state index in [2.05, 4.69) is 22.9 Å². The van der Waals surface area contributed by atoms with E-state index in [0.29, 0.717) is 6.54 Å². The summed E-state index contributed by atoms with van der Waals surface area (Å²) in [6, 6.07) is -1.93. The molecule has 1 unspecified atom stereocenters. The molecule has 1 fully saturated rings. The summed E-state index contributed by atoms with van der Waals surface area (Å²) >= 11 is 0. The number of ketones is 1. The molecule has 1 heterocycles. The molecule has 0 radical (unpaired) electrons. The molecule has 0 aliphatic carbocycles. The van der Waals surface area contributed by atoms with Crippen LogP contribution in [0.15, 0.2) is 0 Å². The maximum absolute atomic E-state index is 12.9. The quantitative estimate of drug-likeness (QED) is 0.247. The van der Waals surface area contributed by atoms with Crippen molar-refractivity contribution in [1.82, 2.24) is 16.0 Å². The van der Waals surface area contributed by atoms with Crippen molar-refractivity contribution in [1.29, 1.82) is 0 Å². The van der Waals surface area contributed by atoms with Gasteiger partial charge < -0.3 is 26.8 Å². The Bertz CT molecular complexity index is 541. The third kappa shape index (κ3) is 8.70. The van der Waals surface area contributed by atoms with E-state index in [9.17, 15) is 19.5 Å². The van der Waals surface area contributed by atoms with Gasteiger partial charge in [-0.1, -0.05) is 52.4 Å². The molecule has 1 aliphatic rings. The minimum Gasteiger partial charge on any atom is -0.391 e. The number of carbonyl (C=O) groups excluding carboxylic acids is 3. The number of Topliss-reactive ketones (excluding diaryl/α,β-unsaturated/α-hetero) is 1. The van der Waals surface area contributed by atoms with Crippen LogP contribution < -0.4 is 21.7 Å². The minimum absolute atomic E-state index is 0.0221. The van der Waals surface area contributed by atoms with E-state index in [-0.39, 0.29) is 36.5 Å². The number of hydrogen-bond acceptors (Lipinski definition) is 6. The molecule has 1 saturated heterocycles. The average molecular weight is 427 g/mol. The van der Waals surface area contributed by atoms with Gasteiger partial charge in [-0.2, -0.15) is 0 Å².